The molecule has 27 heavy (non-hydrogen) atoms. The van der Waals surface area contributed by atoms with Crippen molar-refractivity contribution < 1.29 is 14.3 Å². The maximum atomic E-state index is 12.4. The first-order valence-electron chi connectivity index (χ1n) is 9.16. The van der Waals surface area contributed by atoms with Crippen LogP contribution in [0.5, 0.6) is 0 Å². The van der Waals surface area contributed by atoms with E-state index in [2.05, 4.69) is 30.3 Å². The van der Waals surface area contributed by atoms with Gasteiger partial charge in [0, 0.05) is 6.42 Å². The number of aryl methyl sites for hydroxylation is 1. The third-order valence-electron chi connectivity index (χ3n) is 4.29. The maximum absolute atomic E-state index is 12.4. The first-order valence-corrected chi connectivity index (χ1v) is 9.16. The summed E-state index contributed by atoms with van der Waals surface area (Å²) >= 11 is 0. The second-order valence-corrected chi connectivity index (χ2v) is 7.68. The lowest BCUT2D eigenvalue weighted by Crippen LogP contribution is -2.23. The molecule has 3 aromatic carbocycles. The lowest BCUT2D eigenvalue weighted by atomic mass is 9.97. The van der Waals surface area contributed by atoms with Gasteiger partial charge in [0.05, 0.1) is 5.56 Å². The summed E-state index contributed by atoms with van der Waals surface area (Å²) in [6.45, 7) is 5.59. The van der Waals surface area contributed by atoms with E-state index >= 15 is 0 Å². The van der Waals surface area contributed by atoms with E-state index in [0.29, 0.717) is 12.0 Å². The highest BCUT2D eigenvalue weighted by Gasteiger charge is 2.18. The molecular formula is C24H24O3. The van der Waals surface area contributed by atoms with E-state index in [1.807, 2.05) is 45.0 Å². The molecule has 3 nitrogen and oxygen atoms in total. The van der Waals surface area contributed by atoms with Crippen LogP contribution < -0.4 is 0 Å². The van der Waals surface area contributed by atoms with Gasteiger partial charge in [0.2, 0.25) is 0 Å². The molecule has 0 heterocycles. The van der Waals surface area contributed by atoms with Gasteiger partial charge in [0.25, 0.3) is 0 Å². The normalized spacial score (nSPS) is 11.4. The number of carbonyl (C=O) groups is 2. The van der Waals surface area contributed by atoms with Crippen molar-refractivity contribution in [3.63, 3.8) is 0 Å². The van der Waals surface area contributed by atoms with Crippen LogP contribution in [-0.2, 0) is 16.0 Å². The van der Waals surface area contributed by atoms with Gasteiger partial charge in [0.15, 0.2) is 0 Å². The number of esters is 1. The van der Waals surface area contributed by atoms with Gasteiger partial charge in [-0.2, -0.15) is 0 Å². The van der Waals surface area contributed by atoms with Gasteiger partial charge in [0.1, 0.15) is 11.9 Å². The van der Waals surface area contributed by atoms with E-state index in [0.717, 1.165) is 40.2 Å². The fourth-order valence-electron chi connectivity index (χ4n) is 3.02. The summed E-state index contributed by atoms with van der Waals surface area (Å²) in [7, 11) is 0. The minimum Gasteiger partial charge on any atom is -0.456 e. The Morgan fingerprint density at radius 1 is 0.926 bits per heavy atom. The Labute approximate surface area is 160 Å². The average molecular weight is 360 g/mol. The molecule has 0 bridgehead atoms. The third-order valence-corrected chi connectivity index (χ3v) is 4.29. The molecule has 3 aromatic rings. The zero-order chi connectivity index (χ0) is 19.4. The lowest BCUT2D eigenvalue weighted by molar-refractivity contribution is -0.107. The van der Waals surface area contributed by atoms with Crippen LogP contribution >= 0.6 is 0 Å². The number of aldehydes is 1. The smallest absolute Gasteiger partial charge is 0.338 e. The monoisotopic (exact) mass is 360 g/mol. The molecule has 0 aliphatic carbocycles. The van der Waals surface area contributed by atoms with Crippen LogP contribution in [0.3, 0.4) is 0 Å². The van der Waals surface area contributed by atoms with Gasteiger partial charge < -0.3 is 9.53 Å². The second-order valence-electron chi connectivity index (χ2n) is 7.68. The van der Waals surface area contributed by atoms with Crippen LogP contribution in [0.1, 0.15) is 43.1 Å². The number of carbonyl (C=O) groups excluding carboxylic acids is 2. The average Bonchev–Trinajstić information content (AvgIpc) is 2.64. The molecule has 0 unspecified atom stereocenters. The van der Waals surface area contributed by atoms with Crippen molar-refractivity contribution in [1.29, 1.82) is 0 Å². The molecule has 3 rings (SSSR count). The van der Waals surface area contributed by atoms with Crippen molar-refractivity contribution in [1.82, 2.24) is 0 Å². The second kappa shape index (κ2) is 7.75. The van der Waals surface area contributed by atoms with Crippen molar-refractivity contribution in [2.75, 3.05) is 0 Å². The molecule has 138 valence electrons. The summed E-state index contributed by atoms with van der Waals surface area (Å²) in [5, 5.41) is 2.07. The molecule has 0 atom stereocenters. The first kappa shape index (κ1) is 18.8. The highest BCUT2D eigenvalue weighted by molar-refractivity contribution is 5.96. The predicted molar refractivity (Wildman–Crippen MR) is 109 cm³/mol. The highest BCUT2D eigenvalue weighted by Crippen LogP contribution is 2.27. The van der Waals surface area contributed by atoms with E-state index < -0.39 is 5.60 Å². The van der Waals surface area contributed by atoms with Crippen LogP contribution in [0.25, 0.3) is 21.9 Å². The van der Waals surface area contributed by atoms with Crippen LogP contribution in [0.15, 0.2) is 60.7 Å². The SMILES string of the molecule is CC(C)(C)OC(=O)c1ccc2ccc(-c3cccc(CCC=O)c3)cc2c1. The van der Waals surface area contributed by atoms with Crippen molar-refractivity contribution in [3.05, 3.63) is 71.8 Å². The largest absolute Gasteiger partial charge is 0.456 e. The predicted octanol–water partition coefficient (Wildman–Crippen LogP) is 5.59. The van der Waals surface area contributed by atoms with E-state index in [1.165, 1.54) is 0 Å². The molecule has 0 aromatic heterocycles. The molecule has 0 saturated heterocycles. The molecule has 0 spiro atoms. The van der Waals surface area contributed by atoms with Crippen LogP contribution in [0.2, 0.25) is 0 Å². The Balaban J connectivity index is 1.94. The van der Waals surface area contributed by atoms with Crippen molar-refractivity contribution >= 4 is 23.0 Å². The maximum Gasteiger partial charge on any atom is 0.338 e. The van der Waals surface area contributed by atoms with Crippen LogP contribution in [-0.4, -0.2) is 17.9 Å². The number of rotatable bonds is 5. The van der Waals surface area contributed by atoms with Crippen molar-refractivity contribution in [2.45, 2.75) is 39.2 Å². The Morgan fingerprint density at radius 3 is 2.41 bits per heavy atom. The standard InChI is InChI=1S/C24H24O3/c1-24(2,3)27-23(26)21-12-10-18-9-11-20(15-22(18)16-21)19-8-4-6-17(14-19)7-5-13-25/h4,6,8-16H,5,7H2,1-3H3. The molecular weight excluding hydrogens is 336 g/mol. The molecule has 0 N–H and O–H groups in total. The highest BCUT2D eigenvalue weighted by atomic mass is 16.6. The summed E-state index contributed by atoms with van der Waals surface area (Å²) in [6.07, 6.45) is 2.22. The van der Waals surface area contributed by atoms with Crippen molar-refractivity contribution in [2.24, 2.45) is 0 Å². The molecule has 0 amide bonds. The molecule has 0 aliphatic heterocycles. The zero-order valence-corrected chi connectivity index (χ0v) is 16.0. The minimum absolute atomic E-state index is 0.314. The van der Waals surface area contributed by atoms with Crippen LogP contribution in [0.4, 0.5) is 0 Å². The lowest BCUT2D eigenvalue weighted by Gasteiger charge is -2.19. The number of hydrogen-bond acceptors (Lipinski definition) is 3. The van der Waals surface area contributed by atoms with Gasteiger partial charge in [-0.1, -0.05) is 42.5 Å². The summed E-state index contributed by atoms with van der Waals surface area (Å²) in [6, 6.07) is 20.1. The van der Waals surface area contributed by atoms with Gasteiger partial charge in [-0.3, -0.25) is 0 Å². The Morgan fingerprint density at radius 2 is 1.67 bits per heavy atom. The summed E-state index contributed by atoms with van der Waals surface area (Å²) in [5.74, 6) is -0.314. The zero-order valence-electron chi connectivity index (χ0n) is 16.0. The number of benzene rings is 3. The Hall–Kier alpha value is -2.94. The van der Waals surface area contributed by atoms with Crippen molar-refractivity contribution in [3.8, 4) is 11.1 Å². The summed E-state index contributed by atoms with van der Waals surface area (Å²) < 4.78 is 5.47. The topological polar surface area (TPSA) is 43.4 Å². The molecule has 0 fully saturated rings. The number of ether oxygens (including phenoxy) is 1. The van der Waals surface area contributed by atoms with E-state index in [4.69, 9.17) is 4.74 Å². The van der Waals surface area contributed by atoms with Gasteiger partial charge in [-0.15, -0.1) is 0 Å². The van der Waals surface area contributed by atoms with E-state index in [9.17, 15) is 9.59 Å². The molecule has 0 aliphatic rings. The van der Waals surface area contributed by atoms with Gasteiger partial charge >= 0.3 is 5.97 Å². The van der Waals surface area contributed by atoms with Crippen LogP contribution in [0, 0.1) is 0 Å². The molecule has 0 saturated carbocycles. The Bertz CT molecular complexity index is 980. The number of hydrogen-bond donors (Lipinski definition) is 0. The quantitative estimate of drug-likeness (QED) is 0.440. The van der Waals surface area contributed by atoms with E-state index in [-0.39, 0.29) is 5.97 Å². The fourth-order valence-corrected chi connectivity index (χ4v) is 3.02. The fraction of sp³-hybridized carbons (Fsp3) is 0.250. The third kappa shape index (κ3) is 4.82. The van der Waals surface area contributed by atoms with E-state index in [1.54, 1.807) is 6.07 Å². The molecule has 3 heteroatoms. The summed E-state index contributed by atoms with van der Waals surface area (Å²) in [4.78, 5) is 23.0. The number of fused-ring (bicyclic) bond motifs is 1. The first-order chi connectivity index (χ1) is 12.9. The minimum atomic E-state index is -0.518. The van der Waals surface area contributed by atoms with Gasteiger partial charge in [-0.25, -0.2) is 4.79 Å². The van der Waals surface area contributed by atoms with Gasteiger partial charge in [-0.05, 0) is 72.9 Å². The molecule has 0 radical (unpaired) electrons. The summed E-state index contributed by atoms with van der Waals surface area (Å²) in [5.41, 5.74) is 3.35. The Kier molecular flexibility index (Phi) is 5.41.